The minimum absolute atomic E-state index is 0. The maximum absolute atomic E-state index is 15.4. The van der Waals surface area contributed by atoms with E-state index in [1.807, 2.05) is 15.0 Å². The smallest absolute Gasteiger partial charge is 0.432 e. The zero-order valence-corrected chi connectivity index (χ0v) is 58.0. The van der Waals surface area contributed by atoms with E-state index >= 15 is 8.78 Å². The number of nitrogens with one attached hydrogen (secondary N) is 3. The average molecular weight is 1560 g/mol. The molecule has 46 nitrogen and oxygen atoms in total. The lowest BCUT2D eigenvalue weighted by Gasteiger charge is -2.32. The van der Waals surface area contributed by atoms with Crippen molar-refractivity contribution in [1.82, 2.24) is 28.7 Å². The number of aliphatic hydroxyl groups excluding tert-OH is 2. The van der Waals surface area contributed by atoms with Crippen LogP contribution in [0.1, 0.15) is 103 Å². The number of carbonyl (C=O) groups excluding carboxylic acids is 4. The Hall–Kier alpha value is -9.14. The maximum atomic E-state index is 15.4. The number of azide groups is 3. The summed E-state index contributed by atoms with van der Waals surface area (Å²) in [4.78, 5) is 130. The van der Waals surface area contributed by atoms with Crippen molar-refractivity contribution in [2.24, 2.45) is 27.2 Å². The standard InChI is InChI=1S/C21H31FN5O13P.C20H29FN5O14P.C11H14FN5O4.2CH4/c1-12(2)38-19(30)33-10-36-41(32,37-11-34-20(31)39-13(3)4)35-9-21(8-24-26-23)14(5)16(22)17(40-21)27-7-6-15(28)25-18(27)29;1-11(2)38-18(30)33-9-36-41(32,37-10-34-19(31)39-12(3)4)35-8-20(7-23-25-22)15(28)14(21)16(40-20)26-6-5-13(27)24-17(26)29;1-6-8(12)9(17-3-2-7(19)15-10(17)20)21-11(6,5-18)4-14-16-13;;/h6-7,12-14,16-17H,8-11H2,1-5H3,(H,25,28,29);5-6,11-12,14-16,28H,7-10H2,1-4H3,(H,24,27,29);2-3,6,8-9,18H,4-5H2,1H3,(H,15,19,20);2*1H4/t14-,16+,17+,21+;14-,15+,16-,20-;6-,8+,9+,11+;;/m010../s1. The van der Waals surface area contributed by atoms with Crippen molar-refractivity contribution in [3.05, 3.63) is 131 Å². The number of aliphatic hydroxyl groups is 2. The van der Waals surface area contributed by atoms with Crippen molar-refractivity contribution in [3.8, 4) is 0 Å². The van der Waals surface area contributed by atoms with Gasteiger partial charge in [0.25, 0.3) is 16.7 Å². The molecule has 3 aromatic rings. The third kappa shape index (κ3) is 26.8. The van der Waals surface area contributed by atoms with E-state index in [-0.39, 0.29) is 21.4 Å². The Bertz CT molecular complexity index is 3740. The first kappa shape index (κ1) is 91.9. The molecule has 51 heteroatoms. The highest BCUT2D eigenvalue weighted by Crippen LogP contribution is 2.54. The predicted molar refractivity (Wildman–Crippen MR) is 346 cm³/mol. The van der Waals surface area contributed by atoms with Crippen molar-refractivity contribution in [3.63, 3.8) is 0 Å². The molecule has 3 aliphatic heterocycles. The van der Waals surface area contributed by atoms with Gasteiger partial charge in [0.1, 0.15) is 22.9 Å². The molecule has 590 valence electrons. The van der Waals surface area contributed by atoms with Crippen LogP contribution in [0.2, 0.25) is 0 Å². The number of hydrogen-bond donors (Lipinski definition) is 5. The van der Waals surface area contributed by atoms with Crippen molar-refractivity contribution in [2.45, 2.75) is 169 Å². The van der Waals surface area contributed by atoms with Gasteiger partial charge in [0.2, 0.25) is 27.2 Å². The highest BCUT2D eigenvalue weighted by molar-refractivity contribution is 7.48. The van der Waals surface area contributed by atoms with Crippen molar-refractivity contribution < 1.29 is 131 Å². The number of alkyl halides is 3. The first-order valence-corrected chi connectivity index (χ1v) is 32.9. The van der Waals surface area contributed by atoms with E-state index in [1.54, 1.807) is 27.7 Å². The molecule has 0 radical (unpaired) electrons. The van der Waals surface area contributed by atoms with Gasteiger partial charge in [0, 0.05) is 63.4 Å². The zero-order valence-electron chi connectivity index (χ0n) is 56.2. The summed E-state index contributed by atoms with van der Waals surface area (Å²) in [5.74, 6) is -1.98. The van der Waals surface area contributed by atoms with Gasteiger partial charge in [-0.3, -0.25) is 52.1 Å². The summed E-state index contributed by atoms with van der Waals surface area (Å²) >= 11 is 0. The summed E-state index contributed by atoms with van der Waals surface area (Å²) in [7, 11) is -9.71. The monoisotopic (exact) mass is 1560 g/mol. The molecule has 0 bridgehead atoms. The molecular weight excluding hydrogens is 1470 g/mol. The molecule has 0 spiro atoms. The van der Waals surface area contributed by atoms with Gasteiger partial charge in [-0.1, -0.05) is 44.0 Å². The molecule has 3 fully saturated rings. The number of halogens is 3. The van der Waals surface area contributed by atoms with Gasteiger partial charge in [-0.25, -0.2) is 74.0 Å². The average Bonchev–Trinajstić information content (AvgIpc) is 1.63. The number of aromatic amines is 3. The van der Waals surface area contributed by atoms with E-state index < -0.39 is 230 Å². The third-order valence-electron chi connectivity index (χ3n) is 14.0. The summed E-state index contributed by atoms with van der Waals surface area (Å²) in [6.07, 6.45) is -16.8. The van der Waals surface area contributed by atoms with Gasteiger partial charge in [-0.2, -0.15) is 0 Å². The van der Waals surface area contributed by atoms with Crippen LogP contribution in [0.3, 0.4) is 0 Å². The van der Waals surface area contributed by atoms with Crippen molar-refractivity contribution >= 4 is 40.3 Å². The Morgan fingerprint density at radius 2 is 0.771 bits per heavy atom. The lowest BCUT2D eigenvalue weighted by Crippen LogP contribution is -2.48. The van der Waals surface area contributed by atoms with E-state index in [9.17, 15) is 71.7 Å². The van der Waals surface area contributed by atoms with Crippen molar-refractivity contribution in [1.29, 1.82) is 0 Å². The molecule has 6 rings (SSSR count). The summed E-state index contributed by atoms with van der Waals surface area (Å²) in [5.41, 5.74) is 15.5. The van der Waals surface area contributed by atoms with Crippen LogP contribution in [0, 0.1) is 11.8 Å². The van der Waals surface area contributed by atoms with Crippen LogP contribution in [0.5, 0.6) is 0 Å². The highest BCUT2D eigenvalue weighted by atomic mass is 31.2. The Labute approximate surface area is 591 Å². The summed E-state index contributed by atoms with van der Waals surface area (Å²) in [6, 6.07) is 2.92. The van der Waals surface area contributed by atoms with Crippen LogP contribution in [0.4, 0.5) is 32.3 Å². The Balaban J connectivity index is 0.000000556. The van der Waals surface area contributed by atoms with Crippen LogP contribution in [0.15, 0.2) is 80.9 Å². The van der Waals surface area contributed by atoms with Crippen LogP contribution in [0.25, 0.3) is 31.3 Å². The van der Waals surface area contributed by atoms with Gasteiger partial charge in [-0.05, 0) is 72.0 Å². The fraction of sp³-hybridized carbons (Fsp3) is 0.704. The number of nitrogens with zero attached hydrogens (tertiary/aromatic N) is 12. The number of phosphoric acid groups is 2. The van der Waals surface area contributed by atoms with Crippen LogP contribution >= 0.6 is 15.6 Å². The quantitative estimate of drug-likeness (QED) is 0.00830. The second-order valence-electron chi connectivity index (χ2n) is 22.6. The van der Waals surface area contributed by atoms with E-state index in [2.05, 4.69) is 49.0 Å². The molecule has 0 aromatic carbocycles. The summed E-state index contributed by atoms with van der Waals surface area (Å²) in [6.45, 7) is 6.80. The predicted octanol–water partition coefficient (Wildman–Crippen LogP) is 6.65. The number of rotatable bonds is 32. The van der Waals surface area contributed by atoms with Gasteiger partial charge in [-0.15, -0.1) is 0 Å². The van der Waals surface area contributed by atoms with E-state index in [1.165, 1.54) is 41.5 Å². The SMILES string of the molecule is C.C.CC(C)OC(=O)OCOP(=O)(OCOC(=O)OC(C)C)OC[C@@]1(CN=[N+]=[N-])O[C@@H](n2ccc(=O)[nH]c2=O)[C@H](F)[C@@H]1C.CC(C)OC(=O)OCOP(=O)(OCOC(=O)OC(C)C)OC[C@@]1(CN=[N+]=[N-])O[C@@H](n2ccc(=O)[nH]c2=O)[C@H](F)[C@@H]1O.C[C@H]1[C@@H](F)[C@H](n2ccc(=O)[nH]c2=O)O[C@@]1(CO)CN=[N+]=[N-]. The first-order valence-electron chi connectivity index (χ1n) is 30.0. The van der Waals surface area contributed by atoms with E-state index in [0.29, 0.717) is 4.57 Å². The molecule has 0 amide bonds. The zero-order chi connectivity index (χ0) is 77.2. The van der Waals surface area contributed by atoms with E-state index in [0.717, 1.165) is 45.9 Å². The molecule has 3 aliphatic rings. The fourth-order valence-corrected chi connectivity index (χ4v) is 10.8. The normalized spacial score (nSPS) is 23.8. The lowest BCUT2D eigenvalue weighted by molar-refractivity contribution is -0.126. The topological polar surface area (TPSA) is 611 Å². The van der Waals surface area contributed by atoms with E-state index in [4.69, 9.17) is 76.9 Å². The number of phosphoric ester groups is 2. The van der Waals surface area contributed by atoms with Crippen LogP contribution in [-0.4, -0.2) is 196 Å². The summed E-state index contributed by atoms with van der Waals surface area (Å²) in [5, 5.41) is 30.2. The molecule has 5 N–H and O–H groups in total. The second-order valence-corrected chi connectivity index (χ2v) is 26.0. The molecule has 0 unspecified atom stereocenters. The summed E-state index contributed by atoms with van der Waals surface area (Å²) < 4.78 is 158. The number of aromatic nitrogens is 6. The van der Waals surface area contributed by atoms with Gasteiger partial charge in [0.15, 0.2) is 37.2 Å². The number of hydrogen-bond acceptors (Lipinski definition) is 34. The minimum Gasteiger partial charge on any atom is -0.432 e. The minimum atomic E-state index is -4.91. The molecular formula is C54H82F3N15O31P2. The molecule has 0 aliphatic carbocycles. The second kappa shape index (κ2) is 42.1. The maximum Gasteiger partial charge on any atom is 0.510 e. The molecule has 105 heavy (non-hydrogen) atoms. The number of H-pyrrole nitrogens is 3. The Morgan fingerprint density at radius 3 is 1.07 bits per heavy atom. The fourth-order valence-electron chi connectivity index (χ4n) is 8.85. The van der Waals surface area contributed by atoms with Gasteiger partial charge in [0.05, 0.1) is 63.9 Å². The number of carbonyl (C=O) groups is 4. The van der Waals surface area contributed by atoms with Crippen molar-refractivity contribution in [2.75, 3.05) is 66.6 Å². The molecule has 3 saturated heterocycles. The number of ether oxygens (including phenoxy) is 11. The molecule has 12 atom stereocenters. The molecule has 3 aromatic heterocycles. The van der Waals surface area contributed by atoms with Gasteiger partial charge >= 0.3 is 57.3 Å². The van der Waals surface area contributed by atoms with Crippen LogP contribution in [-0.2, 0) is 88.4 Å². The molecule has 0 saturated carbocycles. The Morgan fingerprint density at radius 1 is 0.505 bits per heavy atom. The molecule has 6 heterocycles. The highest BCUT2D eigenvalue weighted by Gasteiger charge is 2.58. The van der Waals surface area contributed by atoms with Crippen LogP contribution < -0.4 is 33.7 Å². The third-order valence-corrected chi connectivity index (χ3v) is 16.6. The Kier molecular flexibility index (Phi) is 36.9. The van der Waals surface area contributed by atoms with Gasteiger partial charge < -0.3 is 62.3 Å². The largest absolute Gasteiger partial charge is 0.510 e. The first-order chi connectivity index (χ1) is 48.4. The lowest BCUT2D eigenvalue weighted by atomic mass is 9.88.